The number of pyridine rings is 1. The monoisotopic (exact) mass is 366 g/mol. The van der Waals surface area contributed by atoms with Crippen molar-refractivity contribution in [3.8, 4) is 5.75 Å². The van der Waals surface area contributed by atoms with E-state index in [1.165, 1.54) is 18.3 Å². The normalized spacial score (nSPS) is 18.3. The zero-order valence-corrected chi connectivity index (χ0v) is 13.8. The number of aromatic nitrogens is 1. The second-order valence-electron chi connectivity index (χ2n) is 5.83. The summed E-state index contributed by atoms with van der Waals surface area (Å²) >= 11 is 0. The van der Waals surface area contributed by atoms with Gasteiger partial charge in [-0.1, -0.05) is 0 Å². The minimum absolute atomic E-state index is 0.190. The summed E-state index contributed by atoms with van der Waals surface area (Å²) in [6.45, 7) is 1.28. The van der Waals surface area contributed by atoms with Crippen LogP contribution in [0.25, 0.3) is 0 Å². The number of hydrogen-bond acceptors (Lipinski definition) is 4. The average Bonchev–Trinajstić information content (AvgIpc) is 2.87. The zero-order valence-electron chi connectivity index (χ0n) is 13.8. The Morgan fingerprint density at radius 2 is 2.00 bits per heavy atom. The summed E-state index contributed by atoms with van der Waals surface area (Å²) in [6.07, 6.45) is -1.80. The molecule has 2 aromatic rings. The molecule has 26 heavy (non-hydrogen) atoms. The van der Waals surface area contributed by atoms with Crippen LogP contribution in [-0.2, 0) is 10.9 Å². The van der Waals surface area contributed by atoms with Crippen LogP contribution in [0, 0.1) is 0 Å². The summed E-state index contributed by atoms with van der Waals surface area (Å²) in [6, 6.07) is 7.81. The van der Waals surface area contributed by atoms with Crippen LogP contribution < -0.4 is 4.74 Å². The fourth-order valence-electron chi connectivity index (χ4n) is 2.62. The van der Waals surface area contributed by atoms with E-state index in [-0.39, 0.29) is 19.1 Å². The van der Waals surface area contributed by atoms with Gasteiger partial charge in [-0.15, -0.1) is 0 Å². The number of benzene rings is 1. The second-order valence-corrected chi connectivity index (χ2v) is 5.83. The molecule has 0 radical (unpaired) electrons. The molecular weight excluding hydrogens is 349 g/mol. The van der Waals surface area contributed by atoms with Gasteiger partial charge in [0.25, 0.3) is 5.91 Å². The number of alkyl halides is 3. The number of halogens is 3. The molecule has 1 aromatic carbocycles. The van der Waals surface area contributed by atoms with Crippen molar-refractivity contribution in [2.24, 2.45) is 0 Å². The van der Waals surface area contributed by atoms with Gasteiger partial charge < -0.3 is 14.4 Å². The van der Waals surface area contributed by atoms with E-state index in [4.69, 9.17) is 9.47 Å². The molecule has 0 saturated carbocycles. The van der Waals surface area contributed by atoms with E-state index in [0.717, 1.165) is 12.1 Å². The molecule has 1 aliphatic heterocycles. The minimum atomic E-state index is -4.39. The van der Waals surface area contributed by atoms with E-state index in [9.17, 15) is 18.0 Å². The third kappa shape index (κ3) is 4.51. The molecule has 0 spiro atoms. The second kappa shape index (κ2) is 7.74. The molecule has 3 rings (SSSR count). The highest BCUT2D eigenvalue weighted by atomic mass is 19.4. The number of hydrogen-bond donors (Lipinski definition) is 0. The first-order valence-corrected chi connectivity index (χ1v) is 8.04. The van der Waals surface area contributed by atoms with Gasteiger partial charge in [-0.25, -0.2) is 0 Å². The Morgan fingerprint density at radius 3 is 2.65 bits per heavy atom. The van der Waals surface area contributed by atoms with Gasteiger partial charge in [0.15, 0.2) is 0 Å². The summed E-state index contributed by atoms with van der Waals surface area (Å²) in [4.78, 5) is 18.1. The van der Waals surface area contributed by atoms with Gasteiger partial charge in [-0.2, -0.15) is 13.2 Å². The lowest BCUT2D eigenvalue weighted by molar-refractivity contribution is -0.137. The maximum atomic E-state index is 12.6. The predicted molar refractivity (Wildman–Crippen MR) is 86.8 cm³/mol. The highest BCUT2D eigenvalue weighted by Gasteiger charge is 2.30. The SMILES string of the molecule is O=C(c1cccnc1)N1CCOC[C@H](Oc2ccc(C(F)(F)F)cc2)C1. The van der Waals surface area contributed by atoms with E-state index < -0.39 is 17.8 Å². The lowest BCUT2D eigenvalue weighted by atomic mass is 10.2. The molecule has 0 N–H and O–H groups in total. The first kappa shape index (κ1) is 18.2. The van der Waals surface area contributed by atoms with Crippen LogP contribution in [0.1, 0.15) is 15.9 Å². The number of carbonyl (C=O) groups is 1. The molecule has 0 unspecified atom stereocenters. The van der Waals surface area contributed by atoms with Crippen LogP contribution in [0.3, 0.4) is 0 Å². The Kier molecular flexibility index (Phi) is 5.41. The molecule has 0 bridgehead atoms. The van der Waals surface area contributed by atoms with Crippen molar-refractivity contribution in [2.45, 2.75) is 12.3 Å². The van der Waals surface area contributed by atoms with Gasteiger partial charge in [0.2, 0.25) is 0 Å². The van der Waals surface area contributed by atoms with Crippen LogP contribution in [-0.4, -0.2) is 48.2 Å². The molecule has 1 aromatic heterocycles. The van der Waals surface area contributed by atoms with Crippen LogP contribution in [0.2, 0.25) is 0 Å². The fraction of sp³-hybridized carbons (Fsp3) is 0.333. The standard InChI is InChI=1S/C18H17F3N2O3/c19-18(20,21)14-3-5-15(6-4-14)26-16-11-23(8-9-25-12-16)17(24)13-2-1-7-22-10-13/h1-7,10,16H,8-9,11-12H2/t16-/m1/s1. The van der Waals surface area contributed by atoms with E-state index in [2.05, 4.69) is 4.98 Å². The van der Waals surface area contributed by atoms with Crippen LogP contribution in [0.15, 0.2) is 48.8 Å². The molecule has 1 aliphatic rings. The molecule has 138 valence electrons. The highest BCUT2D eigenvalue weighted by molar-refractivity contribution is 5.93. The predicted octanol–water partition coefficient (Wildman–Crippen LogP) is 3.02. The van der Waals surface area contributed by atoms with Crippen molar-refractivity contribution < 1.29 is 27.4 Å². The fourth-order valence-corrected chi connectivity index (χ4v) is 2.62. The Morgan fingerprint density at radius 1 is 1.23 bits per heavy atom. The summed E-state index contributed by atoms with van der Waals surface area (Å²) in [5.41, 5.74) is -0.280. The van der Waals surface area contributed by atoms with Gasteiger partial charge in [-0.3, -0.25) is 9.78 Å². The lowest BCUT2D eigenvalue weighted by Crippen LogP contribution is -2.40. The van der Waals surface area contributed by atoms with Gasteiger partial charge in [0.05, 0.1) is 30.9 Å². The van der Waals surface area contributed by atoms with Crippen molar-refractivity contribution >= 4 is 5.91 Å². The van der Waals surface area contributed by atoms with Gasteiger partial charge >= 0.3 is 6.18 Å². The molecule has 5 nitrogen and oxygen atoms in total. The third-order valence-electron chi connectivity index (χ3n) is 3.91. The highest BCUT2D eigenvalue weighted by Crippen LogP contribution is 2.30. The number of carbonyl (C=O) groups excluding carboxylic acids is 1. The molecule has 1 fully saturated rings. The van der Waals surface area contributed by atoms with Crippen LogP contribution >= 0.6 is 0 Å². The molecular formula is C18H17F3N2O3. The van der Waals surface area contributed by atoms with Crippen molar-refractivity contribution in [2.75, 3.05) is 26.3 Å². The number of amides is 1. The summed E-state index contributed by atoms with van der Waals surface area (Å²) in [7, 11) is 0. The summed E-state index contributed by atoms with van der Waals surface area (Å²) in [5, 5.41) is 0. The summed E-state index contributed by atoms with van der Waals surface area (Å²) < 4.78 is 49.0. The van der Waals surface area contributed by atoms with E-state index in [1.807, 2.05) is 0 Å². The number of rotatable bonds is 3. The first-order valence-electron chi connectivity index (χ1n) is 8.04. The molecule has 0 aliphatic carbocycles. The van der Waals surface area contributed by atoms with E-state index in [1.54, 1.807) is 23.2 Å². The Labute approximate surface area is 148 Å². The van der Waals surface area contributed by atoms with Gasteiger partial charge in [0, 0.05) is 18.9 Å². The maximum absolute atomic E-state index is 12.6. The Bertz CT molecular complexity index is 736. The van der Waals surface area contributed by atoms with Crippen molar-refractivity contribution in [3.05, 3.63) is 59.9 Å². The lowest BCUT2D eigenvalue weighted by Gasteiger charge is -2.24. The van der Waals surface area contributed by atoms with Crippen molar-refractivity contribution in [1.29, 1.82) is 0 Å². The molecule has 2 heterocycles. The molecule has 1 saturated heterocycles. The largest absolute Gasteiger partial charge is 0.486 e. The quantitative estimate of drug-likeness (QED) is 0.838. The molecule has 1 amide bonds. The number of nitrogens with zero attached hydrogens (tertiary/aromatic N) is 2. The minimum Gasteiger partial charge on any atom is -0.486 e. The Balaban J connectivity index is 1.67. The van der Waals surface area contributed by atoms with Crippen LogP contribution in [0.5, 0.6) is 5.75 Å². The topological polar surface area (TPSA) is 51.7 Å². The average molecular weight is 366 g/mol. The maximum Gasteiger partial charge on any atom is 0.416 e. The van der Waals surface area contributed by atoms with Crippen molar-refractivity contribution in [1.82, 2.24) is 9.88 Å². The molecule has 8 heteroatoms. The zero-order chi connectivity index (χ0) is 18.6. The van der Waals surface area contributed by atoms with E-state index in [0.29, 0.717) is 24.5 Å². The smallest absolute Gasteiger partial charge is 0.416 e. The molecule has 1 atom stereocenters. The van der Waals surface area contributed by atoms with Crippen LogP contribution in [0.4, 0.5) is 13.2 Å². The van der Waals surface area contributed by atoms with Gasteiger partial charge in [-0.05, 0) is 36.4 Å². The first-order chi connectivity index (χ1) is 12.4. The Hall–Kier alpha value is -2.61. The van der Waals surface area contributed by atoms with Gasteiger partial charge in [0.1, 0.15) is 11.9 Å². The van der Waals surface area contributed by atoms with Crippen molar-refractivity contribution in [3.63, 3.8) is 0 Å². The number of ether oxygens (including phenoxy) is 2. The van der Waals surface area contributed by atoms with E-state index >= 15 is 0 Å². The third-order valence-corrected chi connectivity index (χ3v) is 3.91. The summed E-state index contributed by atoms with van der Waals surface area (Å²) in [5.74, 6) is 0.104.